The third-order valence-electron chi connectivity index (χ3n) is 1.33. The maximum absolute atomic E-state index is 11.0. The zero-order valence-electron chi connectivity index (χ0n) is 8.12. The van der Waals surface area contributed by atoms with Crippen molar-refractivity contribution in [3.05, 3.63) is 0 Å². The van der Waals surface area contributed by atoms with E-state index in [4.69, 9.17) is 9.84 Å². The highest BCUT2D eigenvalue weighted by Crippen LogP contribution is 1.97. The quantitative estimate of drug-likeness (QED) is 0.562. The number of hydrogen-bond acceptors (Lipinski definition) is 4. The van der Waals surface area contributed by atoms with Gasteiger partial charge in [0, 0.05) is 19.4 Å². The van der Waals surface area contributed by atoms with Gasteiger partial charge < -0.3 is 15.2 Å². The Morgan fingerprint density at radius 1 is 1.50 bits per heavy atom. The van der Waals surface area contributed by atoms with Crippen LogP contribution in [0.3, 0.4) is 0 Å². The normalized spacial score (nSPS) is 9.79. The first kappa shape index (κ1) is 13.2. The molecule has 0 fully saturated rings. The summed E-state index contributed by atoms with van der Waals surface area (Å²) in [6, 6.07) is 0. The third kappa shape index (κ3) is 9.34. The molecule has 0 rings (SSSR count). The van der Waals surface area contributed by atoms with Gasteiger partial charge in [0.15, 0.2) is 0 Å². The summed E-state index contributed by atoms with van der Waals surface area (Å²) in [5.41, 5.74) is 0. The Labute approximate surface area is 87.2 Å². The third-order valence-corrected chi connectivity index (χ3v) is 2.25. The van der Waals surface area contributed by atoms with Crippen LogP contribution in [0, 0.1) is 0 Å². The van der Waals surface area contributed by atoms with E-state index in [1.54, 1.807) is 7.11 Å². The molecule has 5 nitrogen and oxygen atoms in total. The van der Waals surface area contributed by atoms with Gasteiger partial charge in [-0.2, -0.15) is 0 Å². The summed E-state index contributed by atoms with van der Waals surface area (Å²) in [6.45, 7) is 0.812. The van der Waals surface area contributed by atoms with Gasteiger partial charge in [0.2, 0.25) is 5.91 Å². The summed E-state index contributed by atoms with van der Waals surface area (Å²) in [7, 11) is 1.60. The molecular formula is C8H15NO4S. The number of rotatable bonds is 8. The Hall–Kier alpha value is -0.750. The van der Waals surface area contributed by atoms with E-state index in [2.05, 4.69) is 5.32 Å². The summed E-state index contributed by atoms with van der Waals surface area (Å²) in [6.07, 6.45) is -0.0333. The summed E-state index contributed by atoms with van der Waals surface area (Å²) in [5, 5.41) is 10.8. The molecule has 0 unspecified atom stereocenters. The lowest BCUT2D eigenvalue weighted by Crippen LogP contribution is -2.27. The Morgan fingerprint density at radius 3 is 2.79 bits per heavy atom. The van der Waals surface area contributed by atoms with Crippen molar-refractivity contribution in [1.82, 2.24) is 5.32 Å². The minimum Gasteiger partial charge on any atom is -0.481 e. The topological polar surface area (TPSA) is 75.6 Å². The largest absolute Gasteiger partial charge is 0.481 e. The number of aliphatic carboxylic acids is 1. The van der Waals surface area contributed by atoms with Crippen molar-refractivity contribution in [3.63, 3.8) is 0 Å². The molecule has 0 bridgehead atoms. The molecule has 0 heterocycles. The van der Waals surface area contributed by atoms with E-state index in [0.29, 0.717) is 12.4 Å². The zero-order chi connectivity index (χ0) is 10.8. The molecule has 6 heteroatoms. The molecule has 0 saturated heterocycles. The van der Waals surface area contributed by atoms with Crippen LogP contribution in [0.5, 0.6) is 0 Å². The van der Waals surface area contributed by atoms with Gasteiger partial charge in [0.05, 0.1) is 18.8 Å². The molecular weight excluding hydrogens is 206 g/mol. The molecule has 0 aromatic carbocycles. The minimum atomic E-state index is -0.905. The average Bonchev–Trinajstić information content (AvgIpc) is 2.12. The summed E-state index contributed by atoms with van der Waals surface area (Å²) >= 11 is 1.46. The number of ether oxygens (including phenoxy) is 1. The van der Waals surface area contributed by atoms with Crippen molar-refractivity contribution in [3.8, 4) is 0 Å². The molecule has 0 aliphatic heterocycles. The van der Waals surface area contributed by atoms with E-state index in [9.17, 15) is 9.59 Å². The SMILES string of the molecule is COCCSCC(=O)NCCC(=O)O. The molecule has 0 atom stereocenters. The van der Waals surface area contributed by atoms with Crippen LogP contribution in [0.15, 0.2) is 0 Å². The second-order valence-electron chi connectivity index (χ2n) is 2.54. The highest BCUT2D eigenvalue weighted by atomic mass is 32.2. The van der Waals surface area contributed by atoms with Crippen molar-refractivity contribution in [2.45, 2.75) is 6.42 Å². The van der Waals surface area contributed by atoms with Crippen LogP contribution in [0.2, 0.25) is 0 Å². The summed E-state index contributed by atoms with van der Waals surface area (Å²) < 4.78 is 4.81. The lowest BCUT2D eigenvalue weighted by atomic mass is 10.4. The Kier molecular flexibility index (Phi) is 8.36. The first-order valence-corrected chi connectivity index (χ1v) is 5.37. The van der Waals surface area contributed by atoms with Crippen LogP contribution < -0.4 is 5.32 Å². The zero-order valence-corrected chi connectivity index (χ0v) is 8.93. The monoisotopic (exact) mass is 221 g/mol. The van der Waals surface area contributed by atoms with E-state index in [1.165, 1.54) is 11.8 Å². The number of hydrogen-bond donors (Lipinski definition) is 2. The highest BCUT2D eigenvalue weighted by molar-refractivity contribution is 7.99. The van der Waals surface area contributed by atoms with Gasteiger partial charge in [-0.3, -0.25) is 9.59 Å². The van der Waals surface area contributed by atoms with Crippen molar-refractivity contribution < 1.29 is 19.4 Å². The molecule has 14 heavy (non-hydrogen) atoms. The van der Waals surface area contributed by atoms with Gasteiger partial charge >= 0.3 is 5.97 Å². The number of nitrogens with one attached hydrogen (secondary N) is 1. The lowest BCUT2D eigenvalue weighted by molar-refractivity contribution is -0.136. The fraction of sp³-hybridized carbons (Fsp3) is 0.750. The summed E-state index contributed by atoms with van der Waals surface area (Å²) in [4.78, 5) is 21.1. The number of thioether (sulfide) groups is 1. The Morgan fingerprint density at radius 2 is 2.21 bits per heavy atom. The minimum absolute atomic E-state index is 0.0333. The van der Waals surface area contributed by atoms with Gasteiger partial charge in [0.25, 0.3) is 0 Å². The maximum Gasteiger partial charge on any atom is 0.305 e. The van der Waals surface area contributed by atoms with E-state index >= 15 is 0 Å². The fourth-order valence-corrected chi connectivity index (χ4v) is 1.38. The molecule has 0 spiro atoms. The number of carboxylic acids is 1. The first-order valence-electron chi connectivity index (χ1n) is 4.22. The number of amides is 1. The molecule has 0 aliphatic rings. The van der Waals surface area contributed by atoms with Gasteiger partial charge in [-0.05, 0) is 0 Å². The van der Waals surface area contributed by atoms with Gasteiger partial charge in [0.1, 0.15) is 0 Å². The van der Waals surface area contributed by atoms with Crippen molar-refractivity contribution >= 4 is 23.6 Å². The fourth-order valence-electron chi connectivity index (χ4n) is 0.667. The first-order chi connectivity index (χ1) is 6.66. The van der Waals surface area contributed by atoms with Gasteiger partial charge in [-0.1, -0.05) is 0 Å². The van der Waals surface area contributed by atoms with Crippen molar-refractivity contribution in [2.75, 3.05) is 31.8 Å². The molecule has 0 saturated carbocycles. The number of carbonyl (C=O) groups is 2. The number of carboxylic acid groups (broad SMARTS) is 1. The predicted octanol–water partition coefficient (Wildman–Crippen LogP) is -0.0431. The van der Waals surface area contributed by atoms with Crippen LogP contribution >= 0.6 is 11.8 Å². The summed E-state index contributed by atoms with van der Waals surface area (Å²) in [5.74, 6) is 0.0796. The van der Waals surface area contributed by atoms with Crippen molar-refractivity contribution in [1.29, 1.82) is 0 Å². The van der Waals surface area contributed by atoms with E-state index in [-0.39, 0.29) is 18.9 Å². The molecule has 1 amide bonds. The second-order valence-corrected chi connectivity index (χ2v) is 3.64. The molecule has 2 N–H and O–H groups in total. The Bertz CT molecular complexity index is 186. The van der Waals surface area contributed by atoms with Crippen LogP contribution in [-0.4, -0.2) is 48.8 Å². The molecule has 82 valence electrons. The number of methoxy groups -OCH3 is 1. The van der Waals surface area contributed by atoms with Crippen LogP contribution in [0.4, 0.5) is 0 Å². The van der Waals surface area contributed by atoms with E-state index in [0.717, 1.165) is 5.75 Å². The smallest absolute Gasteiger partial charge is 0.305 e. The van der Waals surface area contributed by atoms with E-state index in [1.807, 2.05) is 0 Å². The molecule has 0 aromatic rings. The lowest BCUT2D eigenvalue weighted by Gasteiger charge is -2.02. The Balaban J connectivity index is 3.24. The molecule has 0 aromatic heterocycles. The van der Waals surface area contributed by atoms with Gasteiger partial charge in [-0.15, -0.1) is 11.8 Å². The van der Waals surface area contributed by atoms with Crippen LogP contribution in [0.1, 0.15) is 6.42 Å². The molecule has 0 radical (unpaired) electrons. The second kappa shape index (κ2) is 8.83. The van der Waals surface area contributed by atoms with Gasteiger partial charge in [-0.25, -0.2) is 0 Å². The van der Waals surface area contributed by atoms with Crippen LogP contribution in [-0.2, 0) is 14.3 Å². The standard InChI is InChI=1S/C8H15NO4S/c1-13-4-5-14-6-7(10)9-3-2-8(11)12/h2-6H2,1H3,(H,9,10)(H,11,12). The number of carbonyl (C=O) groups excluding carboxylic acids is 1. The maximum atomic E-state index is 11.0. The van der Waals surface area contributed by atoms with E-state index < -0.39 is 5.97 Å². The van der Waals surface area contributed by atoms with Crippen LogP contribution in [0.25, 0.3) is 0 Å². The van der Waals surface area contributed by atoms with Crippen molar-refractivity contribution in [2.24, 2.45) is 0 Å². The predicted molar refractivity (Wildman–Crippen MR) is 54.5 cm³/mol. The highest BCUT2D eigenvalue weighted by Gasteiger charge is 2.02. The average molecular weight is 221 g/mol. The molecule has 0 aliphatic carbocycles.